The molecule has 0 unspecified atom stereocenters. The topological polar surface area (TPSA) is 20.3 Å². The molecule has 0 aromatic heterocycles. The number of hydrogen-bond acceptors (Lipinski definition) is 1. The summed E-state index contributed by atoms with van der Waals surface area (Å²) in [6.07, 6.45) is 12.2. The van der Waals surface area contributed by atoms with Crippen molar-refractivity contribution in [1.29, 1.82) is 0 Å². The first-order chi connectivity index (χ1) is 8.69. The SMILES string of the molecule is CC/C=C\CC/C=C(/C)CN(CC)C(=O)C1CC1. The van der Waals surface area contributed by atoms with Gasteiger partial charge in [0.1, 0.15) is 0 Å². The third kappa shape index (κ3) is 5.52. The standard InChI is InChI=1S/C16H27NO/c1-4-6-7-8-9-10-14(3)13-17(5-2)16(18)15-11-12-15/h6-7,10,15H,4-5,8-9,11-13H2,1-3H3/b7-6-,14-10-. The Kier molecular flexibility index (Phi) is 6.77. The summed E-state index contributed by atoms with van der Waals surface area (Å²) >= 11 is 0. The van der Waals surface area contributed by atoms with Gasteiger partial charge in [-0.3, -0.25) is 4.79 Å². The van der Waals surface area contributed by atoms with Crippen molar-refractivity contribution in [3.8, 4) is 0 Å². The second-order valence-electron chi connectivity index (χ2n) is 5.13. The van der Waals surface area contributed by atoms with Crippen molar-refractivity contribution in [2.45, 2.75) is 52.9 Å². The molecule has 0 saturated heterocycles. The molecule has 1 fully saturated rings. The summed E-state index contributed by atoms with van der Waals surface area (Å²) in [7, 11) is 0. The quantitative estimate of drug-likeness (QED) is 0.471. The molecule has 2 nitrogen and oxygen atoms in total. The van der Waals surface area contributed by atoms with Crippen molar-refractivity contribution in [3.63, 3.8) is 0 Å². The Morgan fingerprint density at radius 2 is 1.94 bits per heavy atom. The molecule has 102 valence electrons. The first-order valence-corrected chi connectivity index (χ1v) is 7.28. The highest BCUT2D eigenvalue weighted by Crippen LogP contribution is 2.31. The van der Waals surface area contributed by atoms with Crippen molar-refractivity contribution in [3.05, 3.63) is 23.8 Å². The van der Waals surface area contributed by atoms with Crippen LogP contribution in [-0.2, 0) is 4.79 Å². The molecule has 1 amide bonds. The van der Waals surface area contributed by atoms with E-state index in [1.807, 2.05) is 4.90 Å². The van der Waals surface area contributed by atoms with Gasteiger partial charge in [-0.2, -0.15) is 0 Å². The Balaban J connectivity index is 2.31. The molecule has 1 rings (SSSR count). The van der Waals surface area contributed by atoms with E-state index >= 15 is 0 Å². The number of likely N-dealkylation sites (N-methyl/N-ethyl adjacent to an activating group) is 1. The largest absolute Gasteiger partial charge is 0.339 e. The molecular weight excluding hydrogens is 222 g/mol. The smallest absolute Gasteiger partial charge is 0.225 e. The first-order valence-electron chi connectivity index (χ1n) is 7.28. The average molecular weight is 249 g/mol. The van der Waals surface area contributed by atoms with E-state index in [1.54, 1.807) is 0 Å². The van der Waals surface area contributed by atoms with Gasteiger partial charge in [0.05, 0.1) is 0 Å². The minimum absolute atomic E-state index is 0.338. The van der Waals surface area contributed by atoms with Gasteiger partial charge in [0, 0.05) is 19.0 Å². The molecule has 18 heavy (non-hydrogen) atoms. The number of allylic oxidation sites excluding steroid dienone is 3. The van der Waals surface area contributed by atoms with Gasteiger partial charge < -0.3 is 4.90 Å². The molecule has 0 heterocycles. The fourth-order valence-corrected chi connectivity index (χ4v) is 2.01. The maximum Gasteiger partial charge on any atom is 0.225 e. The Morgan fingerprint density at radius 3 is 2.50 bits per heavy atom. The molecule has 0 aliphatic heterocycles. The second kappa shape index (κ2) is 8.12. The minimum atomic E-state index is 0.338. The van der Waals surface area contributed by atoms with Crippen molar-refractivity contribution in [2.75, 3.05) is 13.1 Å². The monoisotopic (exact) mass is 249 g/mol. The van der Waals surface area contributed by atoms with E-state index in [0.717, 1.165) is 45.2 Å². The summed E-state index contributed by atoms with van der Waals surface area (Å²) < 4.78 is 0. The van der Waals surface area contributed by atoms with Crippen LogP contribution in [0, 0.1) is 5.92 Å². The van der Waals surface area contributed by atoms with Gasteiger partial charge in [-0.1, -0.05) is 30.7 Å². The van der Waals surface area contributed by atoms with Gasteiger partial charge >= 0.3 is 0 Å². The van der Waals surface area contributed by atoms with Crippen molar-refractivity contribution >= 4 is 5.91 Å². The van der Waals surface area contributed by atoms with Crippen LogP contribution in [0.5, 0.6) is 0 Å². The Morgan fingerprint density at radius 1 is 1.22 bits per heavy atom. The lowest BCUT2D eigenvalue weighted by molar-refractivity contribution is -0.131. The molecule has 0 radical (unpaired) electrons. The van der Waals surface area contributed by atoms with Crippen LogP contribution < -0.4 is 0 Å². The molecule has 2 heteroatoms. The van der Waals surface area contributed by atoms with E-state index in [0.29, 0.717) is 11.8 Å². The highest BCUT2D eigenvalue weighted by atomic mass is 16.2. The third-order valence-electron chi connectivity index (χ3n) is 3.29. The molecule has 0 N–H and O–H groups in total. The van der Waals surface area contributed by atoms with Crippen LogP contribution in [0.2, 0.25) is 0 Å². The lowest BCUT2D eigenvalue weighted by Crippen LogP contribution is -2.33. The van der Waals surface area contributed by atoms with Crippen molar-refractivity contribution < 1.29 is 4.79 Å². The predicted octanol–water partition coefficient (Wildman–Crippen LogP) is 3.94. The van der Waals surface area contributed by atoms with Crippen LogP contribution in [-0.4, -0.2) is 23.9 Å². The highest BCUT2D eigenvalue weighted by Gasteiger charge is 2.32. The number of rotatable bonds is 8. The van der Waals surface area contributed by atoms with Gasteiger partial charge in [0.2, 0.25) is 5.91 Å². The Labute approximate surface area is 112 Å². The van der Waals surface area contributed by atoms with Crippen LogP contribution in [0.25, 0.3) is 0 Å². The third-order valence-corrected chi connectivity index (χ3v) is 3.29. The first kappa shape index (κ1) is 15.0. The molecule has 0 bridgehead atoms. The fourth-order valence-electron chi connectivity index (χ4n) is 2.01. The molecule has 0 aromatic rings. The summed E-state index contributed by atoms with van der Waals surface area (Å²) in [5.74, 6) is 0.696. The van der Waals surface area contributed by atoms with E-state index in [9.17, 15) is 4.79 Å². The molecule has 1 saturated carbocycles. The van der Waals surface area contributed by atoms with E-state index in [-0.39, 0.29) is 0 Å². The molecule has 0 atom stereocenters. The normalized spacial score (nSPS) is 16.3. The van der Waals surface area contributed by atoms with E-state index in [2.05, 4.69) is 39.0 Å². The maximum absolute atomic E-state index is 12.0. The summed E-state index contributed by atoms with van der Waals surface area (Å²) in [4.78, 5) is 14.0. The van der Waals surface area contributed by atoms with Gasteiger partial charge in [0.15, 0.2) is 0 Å². The minimum Gasteiger partial charge on any atom is -0.339 e. The van der Waals surface area contributed by atoms with Gasteiger partial charge in [-0.15, -0.1) is 0 Å². The Hall–Kier alpha value is -1.05. The fraction of sp³-hybridized carbons (Fsp3) is 0.688. The molecule has 1 aliphatic rings. The summed E-state index contributed by atoms with van der Waals surface area (Å²) in [5.41, 5.74) is 1.32. The average Bonchev–Trinajstić information content (AvgIpc) is 3.19. The lowest BCUT2D eigenvalue weighted by atomic mass is 10.2. The van der Waals surface area contributed by atoms with Crippen LogP contribution in [0.15, 0.2) is 23.8 Å². The molecule has 0 spiro atoms. The number of amides is 1. The van der Waals surface area contributed by atoms with Crippen LogP contribution in [0.1, 0.15) is 52.9 Å². The number of hydrogen-bond donors (Lipinski definition) is 0. The van der Waals surface area contributed by atoms with Crippen LogP contribution >= 0.6 is 0 Å². The summed E-state index contributed by atoms with van der Waals surface area (Å²) in [6, 6.07) is 0. The van der Waals surface area contributed by atoms with E-state index in [4.69, 9.17) is 0 Å². The zero-order valence-electron chi connectivity index (χ0n) is 12.1. The van der Waals surface area contributed by atoms with Crippen molar-refractivity contribution in [2.24, 2.45) is 5.92 Å². The predicted molar refractivity (Wildman–Crippen MR) is 77.4 cm³/mol. The van der Waals surface area contributed by atoms with Gasteiger partial charge in [-0.25, -0.2) is 0 Å². The second-order valence-corrected chi connectivity index (χ2v) is 5.13. The van der Waals surface area contributed by atoms with Gasteiger partial charge in [-0.05, 0) is 46.0 Å². The van der Waals surface area contributed by atoms with E-state index < -0.39 is 0 Å². The van der Waals surface area contributed by atoms with Crippen LogP contribution in [0.4, 0.5) is 0 Å². The Bertz CT molecular complexity index is 313. The molecule has 0 aromatic carbocycles. The zero-order valence-corrected chi connectivity index (χ0v) is 12.1. The number of nitrogens with zero attached hydrogens (tertiary/aromatic N) is 1. The lowest BCUT2D eigenvalue weighted by Gasteiger charge is -2.21. The molecule has 1 aliphatic carbocycles. The highest BCUT2D eigenvalue weighted by molar-refractivity contribution is 5.81. The maximum atomic E-state index is 12.0. The van der Waals surface area contributed by atoms with Crippen molar-refractivity contribution in [1.82, 2.24) is 4.90 Å². The number of carbonyl (C=O) groups excluding carboxylic acids is 1. The van der Waals surface area contributed by atoms with E-state index in [1.165, 1.54) is 5.57 Å². The van der Waals surface area contributed by atoms with Gasteiger partial charge in [0.25, 0.3) is 0 Å². The molecular formula is C16H27NO. The summed E-state index contributed by atoms with van der Waals surface area (Å²) in [6.45, 7) is 7.99. The number of unbranched alkanes of at least 4 members (excludes halogenated alkanes) is 1. The number of carbonyl (C=O) groups is 1. The zero-order chi connectivity index (χ0) is 13.4. The summed E-state index contributed by atoms with van der Waals surface area (Å²) in [5, 5.41) is 0. The van der Waals surface area contributed by atoms with Crippen LogP contribution in [0.3, 0.4) is 0 Å².